The maximum Gasteiger partial charge on any atom is 0.265 e. The molecule has 31 heavy (non-hydrogen) atoms. The summed E-state index contributed by atoms with van der Waals surface area (Å²) >= 11 is 11.5. The lowest BCUT2D eigenvalue weighted by molar-refractivity contribution is -0.129. The van der Waals surface area contributed by atoms with Gasteiger partial charge in [0.1, 0.15) is 5.57 Å². The van der Waals surface area contributed by atoms with Crippen molar-refractivity contribution < 1.29 is 14.3 Å². The quantitative estimate of drug-likeness (QED) is 0.352. The second-order valence-corrected chi connectivity index (χ2v) is 7.88. The summed E-state index contributed by atoms with van der Waals surface area (Å²) in [6.07, 6.45) is 3.54. The molecule has 1 saturated heterocycles. The van der Waals surface area contributed by atoms with Crippen LogP contribution in [-0.4, -0.2) is 46.7 Å². The van der Waals surface area contributed by atoms with E-state index in [0.717, 1.165) is 22.0 Å². The van der Waals surface area contributed by atoms with E-state index in [1.807, 2.05) is 54.7 Å². The first-order valence-electron chi connectivity index (χ1n) is 9.68. The van der Waals surface area contributed by atoms with Crippen molar-refractivity contribution in [1.29, 1.82) is 0 Å². The summed E-state index contributed by atoms with van der Waals surface area (Å²) in [5.41, 5.74) is 2.75. The van der Waals surface area contributed by atoms with Crippen molar-refractivity contribution in [2.75, 3.05) is 20.3 Å². The number of para-hydroxylation sites is 1. The van der Waals surface area contributed by atoms with Crippen molar-refractivity contribution in [2.45, 2.75) is 6.54 Å². The average Bonchev–Trinajstić information content (AvgIpc) is 3.10. The number of ether oxygens (including phenoxy) is 1. The van der Waals surface area contributed by atoms with E-state index in [2.05, 4.69) is 9.88 Å². The van der Waals surface area contributed by atoms with Gasteiger partial charge in [-0.1, -0.05) is 48.0 Å². The number of hydrogen-bond donors (Lipinski definition) is 1. The maximum absolute atomic E-state index is 13.0. The van der Waals surface area contributed by atoms with E-state index in [4.69, 9.17) is 28.6 Å². The predicted molar refractivity (Wildman–Crippen MR) is 125 cm³/mol. The third-order valence-corrected chi connectivity index (χ3v) is 5.81. The van der Waals surface area contributed by atoms with Crippen molar-refractivity contribution in [3.63, 3.8) is 0 Å². The molecule has 0 bridgehead atoms. The number of nitrogens with one attached hydrogen (secondary N) is 1. The summed E-state index contributed by atoms with van der Waals surface area (Å²) in [6.45, 7) is 1.14. The summed E-state index contributed by atoms with van der Waals surface area (Å²) in [4.78, 5) is 26.9. The van der Waals surface area contributed by atoms with Crippen LogP contribution in [0.4, 0.5) is 0 Å². The molecule has 3 aromatic rings. The standard InChI is InChI=1S/C23H20ClN3O3S/c1-30-11-10-27-22(29)18(21(28)25-23(27)31)12-16-14-26(20-9-5-3-7-17(16)20)13-15-6-2-4-8-19(15)24/h2-9,12,14H,10-11,13H2,1H3,(H,25,28,31). The Morgan fingerprint density at radius 2 is 1.87 bits per heavy atom. The molecule has 8 heteroatoms. The summed E-state index contributed by atoms with van der Waals surface area (Å²) in [5, 5.41) is 4.29. The zero-order chi connectivity index (χ0) is 22.0. The molecule has 0 radical (unpaired) electrons. The van der Waals surface area contributed by atoms with Gasteiger partial charge in [0, 0.05) is 41.3 Å². The molecule has 0 saturated carbocycles. The van der Waals surface area contributed by atoms with Crippen LogP contribution in [0, 0.1) is 0 Å². The fourth-order valence-electron chi connectivity index (χ4n) is 3.57. The molecule has 6 nitrogen and oxygen atoms in total. The fourth-order valence-corrected chi connectivity index (χ4v) is 4.03. The van der Waals surface area contributed by atoms with Gasteiger partial charge in [-0.3, -0.25) is 19.8 Å². The smallest absolute Gasteiger partial charge is 0.265 e. The van der Waals surface area contributed by atoms with Crippen molar-refractivity contribution in [3.05, 3.63) is 76.5 Å². The number of rotatable bonds is 6. The Hall–Kier alpha value is -3.00. The first kappa shape index (κ1) is 21.2. The number of fused-ring (bicyclic) bond motifs is 1. The van der Waals surface area contributed by atoms with E-state index in [-0.39, 0.29) is 17.2 Å². The minimum Gasteiger partial charge on any atom is -0.383 e. The van der Waals surface area contributed by atoms with Crippen molar-refractivity contribution in [3.8, 4) is 0 Å². The normalized spacial score (nSPS) is 15.7. The Labute approximate surface area is 190 Å². The minimum absolute atomic E-state index is 0.0327. The molecular formula is C23H20ClN3O3S. The molecule has 0 spiro atoms. The Bertz CT molecular complexity index is 1220. The van der Waals surface area contributed by atoms with Crippen molar-refractivity contribution >= 4 is 57.7 Å². The molecule has 1 N–H and O–H groups in total. The number of halogens is 1. The molecule has 158 valence electrons. The molecule has 2 heterocycles. The number of carbonyl (C=O) groups excluding carboxylic acids is 2. The monoisotopic (exact) mass is 453 g/mol. The molecule has 1 aliphatic rings. The van der Waals surface area contributed by atoms with Crippen LogP contribution in [-0.2, 0) is 20.9 Å². The van der Waals surface area contributed by atoms with E-state index in [0.29, 0.717) is 18.2 Å². The second-order valence-electron chi connectivity index (χ2n) is 7.09. The topological polar surface area (TPSA) is 63.6 Å². The lowest BCUT2D eigenvalue weighted by atomic mass is 10.1. The van der Waals surface area contributed by atoms with Gasteiger partial charge in [-0.2, -0.15) is 0 Å². The largest absolute Gasteiger partial charge is 0.383 e. The summed E-state index contributed by atoms with van der Waals surface area (Å²) in [5.74, 6) is -0.944. The Kier molecular flexibility index (Phi) is 6.18. The second kappa shape index (κ2) is 9.01. The molecular weight excluding hydrogens is 434 g/mol. The highest BCUT2D eigenvalue weighted by Crippen LogP contribution is 2.27. The van der Waals surface area contributed by atoms with Gasteiger partial charge in [-0.05, 0) is 36.0 Å². The predicted octanol–water partition coefficient (Wildman–Crippen LogP) is 3.62. The zero-order valence-corrected chi connectivity index (χ0v) is 18.4. The highest BCUT2D eigenvalue weighted by atomic mass is 35.5. The van der Waals surface area contributed by atoms with Gasteiger partial charge in [0.25, 0.3) is 11.8 Å². The maximum atomic E-state index is 13.0. The van der Waals surface area contributed by atoms with Crippen molar-refractivity contribution in [2.24, 2.45) is 0 Å². The van der Waals surface area contributed by atoms with Crippen LogP contribution in [0.2, 0.25) is 5.02 Å². The van der Waals surface area contributed by atoms with Crippen LogP contribution >= 0.6 is 23.8 Å². The Balaban J connectivity index is 1.75. The lowest BCUT2D eigenvalue weighted by Crippen LogP contribution is -2.54. The molecule has 0 aliphatic carbocycles. The van der Waals surface area contributed by atoms with Crippen LogP contribution in [0.5, 0.6) is 0 Å². The third-order valence-electron chi connectivity index (χ3n) is 5.12. The van der Waals surface area contributed by atoms with Crippen LogP contribution in [0.3, 0.4) is 0 Å². The zero-order valence-electron chi connectivity index (χ0n) is 16.8. The van der Waals surface area contributed by atoms with Gasteiger partial charge in [0.2, 0.25) is 0 Å². The third kappa shape index (κ3) is 4.25. The summed E-state index contributed by atoms with van der Waals surface area (Å²) in [7, 11) is 1.54. The van der Waals surface area contributed by atoms with Gasteiger partial charge in [0.05, 0.1) is 13.2 Å². The molecule has 1 aliphatic heterocycles. The molecule has 4 rings (SSSR count). The van der Waals surface area contributed by atoms with E-state index in [1.54, 1.807) is 13.2 Å². The van der Waals surface area contributed by atoms with E-state index < -0.39 is 11.8 Å². The molecule has 1 fully saturated rings. The highest BCUT2D eigenvalue weighted by molar-refractivity contribution is 7.80. The first-order chi connectivity index (χ1) is 15.0. The number of thiocarbonyl (C=S) groups is 1. The SMILES string of the molecule is COCCN1C(=O)C(=Cc2cn(Cc3ccccc3Cl)c3ccccc23)C(=O)NC1=S. The molecule has 0 unspecified atom stereocenters. The summed E-state index contributed by atoms with van der Waals surface area (Å²) < 4.78 is 7.11. The van der Waals surface area contributed by atoms with Crippen LogP contribution in [0.25, 0.3) is 17.0 Å². The Morgan fingerprint density at radius 1 is 1.13 bits per heavy atom. The Morgan fingerprint density at radius 3 is 2.65 bits per heavy atom. The van der Waals surface area contributed by atoms with Gasteiger partial charge in [0.15, 0.2) is 5.11 Å². The number of methoxy groups -OCH3 is 1. The van der Waals surface area contributed by atoms with Crippen LogP contribution in [0.15, 0.2) is 60.3 Å². The van der Waals surface area contributed by atoms with Gasteiger partial charge in [-0.25, -0.2) is 0 Å². The van der Waals surface area contributed by atoms with E-state index in [1.165, 1.54) is 4.90 Å². The number of nitrogens with zero attached hydrogens (tertiary/aromatic N) is 2. The van der Waals surface area contributed by atoms with Gasteiger partial charge < -0.3 is 9.30 Å². The van der Waals surface area contributed by atoms with Crippen molar-refractivity contribution in [1.82, 2.24) is 14.8 Å². The number of hydrogen-bond acceptors (Lipinski definition) is 4. The first-order valence-corrected chi connectivity index (χ1v) is 10.5. The lowest BCUT2D eigenvalue weighted by Gasteiger charge is -2.28. The molecule has 1 aromatic heterocycles. The fraction of sp³-hybridized carbons (Fsp3) is 0.174. The minimum atomic E-state index is -0.508. The van der Waals surface area contributed by atoms with E-state index >= 15 is 0 Å². The van der Waals surface area contributed by atoms with Crippen LogP contribution in [0.1, 0.15) is 11.1 Å². The molecule has 0 atom stereocenters. The summed E-state index contributed by atoms with van der Waals surface area (Å²) in [6, 6.07) is 15.5. The van der Waals surface area contributed by atoms with Gasteiger partial charge >= 0.3 is 0 Å². The van der Waals surface area contributed by atoms with E-state index in [9.17, 15) is 9.59 Å². The number of amides is 2. The molecule has 2 amide bonds. The van der Waals surface area contributed by atoms with Gasteiger partial charge in [-0.15, -0.1) is 0 Å². The number of aromatic nitrogens is 1. The molecule has 2 aromatic carbocycles. The highest BCUT2D eigenvalue weighted by Gasteiger charge is 2.33. The number of benzene rings is 2. The van der Waals surface area contributed by atoms with Crippen LogP contribution < -0.4 is 5.32 Å². The number of carbonyl (C=O) groups is 2. The average molecular weight is 454 g/mol.